The molecular weight excluding hydrogens is 296 g/mol. The van der Waals surface area contributed by atoms with E-state index < -0.39 is 18.2 Å². The summed E-state index contributed by atoms with van der Waals surface area (Å²) in [6.45, 7) is 6.55. The van der Waals surface area contributed by atoms with Crippen LogP contribution in [0.2, 0.25) is 0 Å². The number of hydrogen-bond acceptors (Lipinski definition) is 4. The van der Waals surface area contributed by atoms with Gasteiger partial charge in [0.1, 0.15) is 6.04 Å². The van der Waals surface area contributed by atoms with Crippen molar-refractivity contribution in [2.45, 2.75) is 71.1 Å². The summed E-state index contributed by atoms with van der Waals surface area (Å²) in [5.41, 5.74) is 0. The lowest BCUT2D eigenvalue weighted by atomic mass is 9.86. The Morgan fingerprint density at radius 3 is 2.65 bits per heavy atom. The van der Waals surface area contributed by atoms with E-state index in [9.17, 15) is 14.7 Å². The van der Waals surface area contributed by atoms with E-state index in [2.05, 4.69) is 12.2 Å². The first kappa shape index (κ1) is 18.0. The molecule has 4 atom stereocenters. The summed E-state index contributed by atoms with van der Waals surface area (Å²) < 4.78 is 5.22. The molecule has 2 N–H and O–H groups in total. The van der Waals surface area contributed by atoms with Gasteiger partial charge in [0.05, 0.1) is 19.3 Å². The zero-order valence-electron chi connectivity index (χ0n) is 14.5. The van der Waals surface area contributed by atoms with E-state index in [0.29, 0.717) is 12.5 Å². The molecule has 0 bridgehead atoms. The van der Waals surface area contributed by atoms with Gasteiger partial charge in [0.2, 0.25) is 5.91 Å². The maximum Gasteiger partial charge on any atom is 0.410 e. The molecule has 2 amide bonds. The summed E-state index contributed by atoms with van der Waals surface area (Å²) >= 11 is 0. The number of ether oxygens (including phenoxy) is 1. The Kier molecular flexibility index (Phi) is 6.27. The number of likely N-dealkylation sites (tertiary alicyclic amines) is 1. The summed E-state index contributed by atoms with van der Waals surface area (Å²) in [5.74, 6) is 0.531. The standard InChI is InChI=1S/C17H30N2O4/c1-11(2)10-23-17(22)19-9-13(20)8-15(19)16(21)18-14-7-5-4-6-12(14)3/h11-15,20H,4-10H2,1-3H3,(H,18,21)/t12?,13?,14?,15-/m0/s1. The van der Waals surface area contributed by atoms with Gasteiger partial charge in [-0.1, -0.05) is 33.6 Å². The SMILES string of the molecule is CC(C)COC(=O)N1CC(O)C[C@H]1C(=O)NC1CCCCC1C. The smallest absolute Gasteiger partial charge is 0.410 e. The first-order valence-electron chi connectivity index (χ1n) is 8.80. The zero-order valence-corrected chi connectivity index (χ0v) is 14.5. The highest BCUT2D eigenvalue weighted by Crippen LogP contribution is 2.25. The zero-order chi connectivity index (χ0) is 17.0. The highest BCUT2D eigenvalue weighted by Gasteiger charge is 2.40. The van der Waals surface area contributed by atoms with Crippen LogP contribution in [-0.2, 0) is 9.53 Å². The molecule has 1 aliphatic heterocycles. The fourth-order valence-corrected chi connectivity index (χ4v) is 3.39. The van der Waals surface area contributed by atoms with Gasteiger partial charge in [-0.25, -0.2) is 4.79 Å². The molecule has 1 aliphatic carbocycles. The van der Waals surface area contributed by atoms with E-state index in [1.807, 2.05) is 13.8 Å². The molecule has 3 unspecified atom stereocenters. The van der Waals surface area contributed by atoms with Crippen LogP contribution in [0.1, 0.15) is 52.9 Å². The van der Waals surface area contributed by atoms with Crippen LogP contribution < -0.4 is 5.32 Å². The van der Waals surface area contributed by atoms with Crippen LogP contribution in [-0.4, -0.2) is 53.3 Å². The number of amides is 2. The van der Waals surface area contributed by atoms with Gasteiger partial charge in [-0.3, -0.25) is 9.69 Å². The number of carbonyl (C=O) groups is 2. The van der Waals surface area contributed by atoms with Crippen LogP contribution in [0, 0.1) is 11.8 Å². The number of aliphatic hydroxyl groups excluding tert-OH is 1. The highest BCUT2D eigenvalue weighted by molar-refractivity contribution is 5.86. The van der Waals surface area contributed by atoms with E-state index in [0.717, 1.165) is 19.3 Å². The van der Waals surface area contributed by atoms with Crippen molar-refractivity contribution >= 4 is 12.0 Å². The van der Waals surface area contributed by atoms with Crippen LogP contribution in [0.3, 0.4) is 0 Å². The van der Waals surface area contributed by atoms with Gasteiger partial charge < -0.3 is 15.2 Å². The topological polar surface area (TPSA) is 78.9 Å². The Hall–Kier alpha value is -1.30. The average Bonchev–Trinajstić information content (AvgIpc) is 2.89. The number of rotatable bonds is 4. The van der Waals surface area contributed by atoms with Crippen LogP contribution in [0.4, 0.5) is 4.79 Å². The molecule has 1 saturated carbocycles. The van der Waals surface area contributed by atoms with E-state index in [4.69, 9.17) is 4.74 Å². The molecule has 6 heteroatoms. The summed E-state index contributed by atoms with van der Waals surface area (Å²) in [6.07, 6.45) is 3.56. The Morgan fingerprint density at radius 1 is 1.30 bits per heavy atom. The molecule has 0 spiro atoms. The van der Waals surface area contributed by atoms with Gasteiger partial charge in [-0.2, -0.15) is 0 Å². The number of nitrogens with zero attached hydrogens (tertiary/aromatic N) is 1. The van der Waals surface area contributed by atoms with Gasteiger partial charge in [0, 0.05) is 12.5 Å². The summed E-state index contributed by atoms with van der Waals surface area (Å²) in [5, 5.41) is 13.0. The van der Waals surface area contributed by atoms with Crippen molar-refractivity contribution in [1.29, 1.82) is 0 Å². The maximum absolute atomic E-state index is 12.6. The van der Waals surface area contributed by atoms with Crippen molar-refractivity contribution in [2.75, 3.05) is 13.2 Å². The van der Waals surface area contributed by atoms with Gasteiger partial charge in [-0.15, -0.1) is 0 Å². The van der Waals surface area contributed by atoms with Crippen LogP contribution in [0.5, 0.6) is 0 Å². The first-order valence-corrected chi connectivity index (χ1v) is 8.80. The largest absolute Gasteiger partial charge is 0.449 e. The Labute approximate surface area is 138 Å². The monoisotopic (exact) mass is 326 g/mol. The average molecular weight is 326 g/mol. The summed E-state index contributed by atoms with van der Waals surface area (Å²) in [7, 11) is 0. The quantitative estimate of drug-likeness (QED) is 0.827. The normalized spacial score (nSPS) is 31.3. The first-order chi connectivity index (χ1) is 10.9. The summed E-state index contributed by atoms with van der Waals surface area (Å²) in [4.78, 5) is 26.1. The van der Waals surface area contributed by atoms with Crippen molar-refractivity contribution in [3.8, 4) is 0 Å². The Morgan fingerprint density at radius 2 is 2.00 bits per heavy atom. The fraction of sp³-hybridized carbons (Fsp3) is 0.882. The second-order valence-electron chi connectivity index (χ2n) is 7.41. The van der Waals surface area contributed by atoms with Gasteiger partial charge in [0.25, 0.3) is 0 Å². The third-order valence-corrected chi connectivity index (χ3v) is 4.80. The van der Waals surface area contributed by atoms with Crippen molar-refractivity contribution in [3.63, 3.8) is 0 Å². The third-order valence-electron chi connectivity index (χ3n) is 4.80. The lowest BCUT2D eigenvalue weighted by Gasteiger charge is -2.31. The number of nitrogens with one attached hydrogen (secondary N) is 1. The van der Waals surface area contributed by atoms with E-state index >= 15 is 0 Å². The minimum absolute atomic E-state index is 0.162. The Balaban J connectivity index is 1.94. The minimum Gasteiger partial charge on any atom is -0.449 e. The second-order valence-corrected chi connectivity index (χ2v) is 7.41. The van der Waals surface area contributed by atoms with E-state index in [1.165, 1.54) is 11.3 Å². The molecule has 23 heavy (non-hydrogen) atoms. The van der Waals surface area contributed by atoms with Crippen LogP contribution in [0.15, 0.2) is 0 Å². The van der Waals surface area contributed by atoms with Crippen molar-refractivity contribution in [3.05, 3.63) is 0 Å². The van der Waals surface area contributed by atoms with Crippen LogP contribution >= 0.6 is 0 Å². The molecule has 0 aromatic heterocycles. The molecule has 2 rings (SSSR count). The molecule has 1 saturated heterocycles. The highest BCUT2D eigenvalue weighted by atomic mass is 16.6. The van der Waals surface area contributed by atoms with Crippen molar-refractivity contribution in [2.24, 2.45) is 11.8 Å². The van der Waals surface area contributed by atoms with Crippen LogP contribution in [0.25, 0.3) is 0 Å². The number of carbonyl (C=O) groups excluding carboxylic acids is 2. The third kappa shape index (κ3) is 4.83. The molecule has 6 nitrogen and oxygen atoms in total. The van der Waals surface area contributed by atoms with Gasteiger partial charge in [0.15, 0.2) is 0 Å². The van der Waals surface area contributed by atoms with Gasteiger partial charge in [-0.05, 0) is 24.7 Å². The minimum atomic E-state index is -0.666. The van der Waals surface area contributed by atoms with E-state index in [1.54, 1.807) is 0 Å². The number of aliphatic hydroxyl groups is 1. The summed E-state index contributed by atoms with van der Waals surface area (Å²) in [6, 6.07) is -0.457. The van der Waals surface area contributed by atoms with Gasteiger partial charge >= 0.3 is 6.09 Å². The number of β-amino-alcohol motifs (C(OH)–C–C–N with tert-alkyl or cyclic N) is 1. The van der Waals surface area contributed by atoms with E-state index in [-0.39, 0.29) is 30.8 Å². The molecule has 0 aromatic carbocycles. The van der Waals surface area contributed by atoms with Crippen molar-refractivity contribution in [1.82, 2.24) is 10.2 Å². The lowest BCUT2D eigenvalue weighted by molar-refractivity contribution is -0.126. The molecule has 0 aromatic rings. The maximum atomic E-state index is 12.6. The predicted octanol–water partition coefficient (Wildman–Crippen LogP) is 1.91. The van der Waals surface area contributed by atoms with Crippen molar-refractivity contribution < 1.29 is 19.4 Å². The molecule has 2 aliphatic rings. The second kappa shape index (κ2) is 7.99. The fourth-order valence-electron chi connectivity index (χ4n) is 3.39. The predicted molar refractivity (Wildman–Crippen MR) is 86.9 cm³/mol. The Bertz CT molecular complexity index is 427. The lowest BCUT2D eigenvalue weighted by Crippen LogP contribution is -2.51. The molecule has 132 valence electrons. The molecule has 0 radical (unpaired) electrons. The molecule has 2 fully saturated rings. The number of hydrogen-bond donors (Lipinski definition) is 2. The molecule has 1 heterocycles. The molecular formula is C17H30N2O4.